The molecule has 4 aromatic rings. The van der Waals surface area contributed by atoms with Gasteiger partial charge in [0.1, 0.15) is 11.4 Å². The lowest BCUT2D eigenvalue weighted by Crippen LogP contribution is -2.39. The first-order valence-corrected chi connectivity index (χ1v) is 14.4. The molecule has 0 bridgehead atoms. The van der Waals surface area contributed by atoms with Gasteiger partial charge in [-0.2, -0.15) is 0 Å². The molecule has 40 heavy (non-hydrogen) atoms. The zero-order chi connectivity index (χ0) is 28.2. The Morgan fingerprint density at radius 1 is 0.975 bits per heavy atom. The van der Waals surface area contributed by atoms with Crippen molar-refractivity contribution >= 4 is 23.9 Å². The van der Waals surface area contributed by atoms with Crippen molar-refractivity contribution in [3.05, 3.63) is 108 Å². The Balaban J connectivity index is 1.30. The Labute approximate surface area is 240 Å². The van der Waals surface area contributed by atoms with Gasteiger partial charge in [-0.25, -0.2) is 4.79 Å². The molecule has 0 radical (unpaired) electrons. The van der Waals surface area contributed by atoms with Gasteiger partial charge in [0.25, 0.3) is 0 Å². The Kier molecular flexibility index (Phi) is 10.4. The number of benzene rings is 3. The fraction of sp³-hybridized carbons (Fsp3) is 0.281. The molecule has 1 unspecified atom stereocenters. The van der Waals surface area contributed by atoms with E-state index in [4.69, 9.17) is 13.9 Å². The molecule has 0 saturated heterocycles. The summed E-state index contributed by atoms with van der Waals surface area (Å²) in [4.78, 5) is 12.4. The van der Waals surface area contributed by atoms with Crippen molar-refractivity contribution in [2.75, 3.05) is 12.4 Å². The van der Waals surface area contributed by atoms with E-state index in [-0.39, 0.29) is 6.04 Å². The van der Waals surface area contributed by atoms with Crippen molar-refractivity contribution in [1.82, 2.24) is 15.5 Å². The van der Waals surface area contributed by atoms with Crippen LogP contribution in [0.1, 0.15) is 37.8 Å². The van der Waals surface area contributed by atoms with Gasteiger partial charge in [-0.1, -0.05) is 72.8 Å². The molecule has 1 amide bonds. The molecule has 0 saturated carbocycles. The first-order chi connectivity index (χ1) is 19.3. The van der Waals surface area contributed by atoms with Crippen molar-refractivity contribution in [1.29, 1.82) is 0 Å². The van der Waals surface area contributed by atoms with Gasteiger partial charge in [0, 0.05) is 11.3 Å². The average molecular weight is 558 g/mol. The Morgan fingerprint density at radius 2 is 1.68 bits per heavy atom. The molecule has 0 spiro atoms. The van der Waals surface area contributed by atoms with Gasteiger partial charge in [0.2, 0.25) is 11.8 Å². The fourth-order valence-electron chi connectivity index (χ4n) is 3.78. The third-order valence-electron chi connectivity index (χ3n) is 5.61. The number of alkyl carbamates (subject to hydrolysis) is 1. The first kappa shape index (κ1) is 29.0. The van der Waals surface area contributed by atoms with E-state index in [1.54, 1.807) is 11.8 Å². The van der Waals surface area contributed by atoms with Crippen LogP contribution in [-0.4, -0.2) is 40.3 Å². The van der Waals surface area contributed by atoms with Gasteiger partial charge in [-0.15, -0.1) is 22.0 Å². The van der Waals surface area contributed by atoms with E-state index in [0.717, 1.165) is 28.2 Å². The summed E-state index contributed by atoms with van der Waals surface area (Å²) in [7, 11) is 0. The number of hydrogen-bond acceptors (Lipinski definition) is 7. The number of carbonyl (C=O) groups is 1. The molecule has 8 heteroatoms. The topological polar surface area (TPSA) is 86.5 Å². The normalized spacial score (nSPS) is 12.3. The largest absolute Gasteiger partial charge is 0.493 e. The summed E-state index contributed by atoms with van der Waals surface area (Å²) in [5.41, 5.74) is 2.39. The molecule has 4 rings (SSSR count). The number of ether oxygens (including phenoxy) is 2. The lowest BCUT2D eigenvalue weighted by molar-refractivity contribution is 0.0514. The van der Waals surface area contributed by atoms with Crippen LogP contribution in [0.15, 0.2) is 95.4 Å². The van der Waals surface area contributed by atoms with Crippen LogP contribution in [0.4, 0.5) is 4.79 Å². The predicted molar refractivity (Wildman–Crippen MR) is 160 cm³/mol. The average Bonchev–Trinajstić information content (AvgIpc) is 3.41. The molecule has 1 heterocycles. The number of rotatable bonds is 12. The van der Waals surface area contributed by atoms with Crippen LogP contribution in [0, 0.1) is 0 Å². The number of nitrogens with zero attached hydrogens (tertiary/aromatic N) is 2. The highest BCUT2D eigenvalue weighted by Gasteiger charge is 2.18. The number of aromatic nitrogens is 2. The van der Waals surface area contributed by atoms with Crippen LogP contribution in [-0.2, 0) is 16.9 Å². The van der Waals surface area contributed by atoms with E-state index in [1.807, 2.05) is 118 Å². The summed E-state index contributed by atoms with van der Waals surface area (Å²) in [6, 6.07) is 27.5. The molecule has 1 N–H and O–H groups in total. The summed E-state index contributed by atoms with van der Waals surface area (Å²) < 4.78 is 17.0. The van der Waals surface area contributed by atoms with Crippen LogP contribution in [0.2, 0.25) is 0 Å². The SMILES string of the molecule is CC(C)(C)OC(=O)NC(/C=C/c1ccc(-c2nnc(CSCCOc3ccccc3)o2)cc1)Cc1ccccc1. The molecule has 0 aliphatic carbocycles. The van der Waals surface area contributed by atoms with Crippen molar-refractivity contribution in [2.24, 2.45) is 0 Å². The Morgan fingerprint density at radius 3 is 2.38 bits per heavy atom. The number of amides is 1. The summed E-state index contributed by atoms with van der Waals surface area (Å²) in [5.74, 6) is 3.38. The van der Waals surface area contributed by atoms with E-state index in [0.29, 0.717) is 30.6 Å². The van der Waals surface area contributed by atoms with E-state index < -0.39 is 11.7 Å². The van der Waals surface area contributed by atoms with E-state index >= 15 is 0 Å². The van der Waals surface area contributed by atoms with Crippen LogP contribution >= 0.6 is 11.8 Å². The maximum atomic E-state index is 12.4. The molecule has 1 aromatic heterocycles. The summed E-state index contributed by atoms with van der Waals surface area (Å²) in [5, 5.41) is 11.4. The second-order valence-corrected chi connectivity index (χ2v) is 11.2. The van der Waals surface area contributed by atoms with Crippen molar-refractivity contribution in [3.8, 4) is 17.2 Å². The molecular formula is C32H35N3O4S. The number of nitrogens with one attached hydrogen (secondary N) is 1. The number of para-hydroxylation sites is 1. The lowest BCUT2D eigenvalue weighted by atomic mass is 10.0. The Bertz CT molecular complexity index is 1350. The van der Waals surface area contributed by atoms with E-state index in [9.17, 15) is 4.79 Å². The minimum atomic E-state index is -0.564. The molecule has 0 aliphatic rings. The minimum absolute atomic E-state index is 0.231. The van der Waals surface area contributed by atoms with E-state index in [1.165, 1.54) is 0 Å². The van der Waals surface area contributed by atoms with Gasteiger partial charge < -0.3 is 19.2 Å². The monoisotopic (exact) mass is 557 g/mol. The van der Waals surface area contributed by atoms with Gasteiger partial charge >= 0.3 is 6.09 Å². The highest BCUT2D eigenvalue weighted by Crippen LogP contribution is 2.21. The summed E-state index contributed by atoms with van der Waals surface area (Å²) in [6.45, 7) is 6.17. The quantitative estimate of drug-likeness (QED) is 0.184. The second kappa shape index (κ2) is 14.4. The number of hydrogen-bond donors (Lipinski definition) is 1. The second-order valence-electron chi connectivity index (χ2n) is 10.1. The van der Waals surface area contributed by atoms with Crippen LogP contribution < -0.4 is 10.1 Å². The third-order valence-corrected chi connectivity index (χ3v) is 6.52. The minimum Gasteiger partial charge on any atom is -0.493 e. The number of carbonyl (C=O) groups excluding carboxylic acids is 1. The lowest BCUT2D eigenvalue weighted by Gasteiger charge is -2.22. The van der Waals surface area contributed by atoms with Gasteiger partial charge in [-0.3, -0.25) is 0 Å². The molecule has 208 valence electrons. The molecular weight excluding hydrogens is 522 g/mol. The molecule has 1 atom stereocenters. The van der Waals surface area contributed by atoms with Gasteiger partial charge in [0.05, 0.1) is 18.4 Å². The molecule has 7 nitrogen and oxygen atoms in total. The summed E-state index contributed by atoms with van der Waals surface area (Å²) >= 11 is 1.68. The zero-order valence-corrected chi connectivity index (χ0v) is 23.9. The predicted octanol–water partition coefficient (Wildman–Crippen LogP) is 7.20. The Hall–Kier alpha value is -4.04. The van der Waals surface area contributed by atoms with E-state index in [2.05, 4.69) is 15.5 Å². The first-order valence-electron chi connectivity index (χ1n) is 13.2. The maximum absolute atomic E-state index is 12.4. The van der Waals surface area contributed by atoms with Crippen LogP contribution in [0.3, 0.4) is 0 Å². The van der Waals surface area contributed by atoms with Crippen LogP contribution in [0.25, 0.3) is 17.5 Å². The van der Waals surface area contributed by atoms with Crippen LogP contribution in [0.5, 0.6) is 5.75 Å². The molecule has 0 fully saturated rings. The standard InChI is InChI=1S/C32H35N3O4S/c1-32(2,3)39-31(36)33-27(22-25-10-6-4-7-11-25)19-16-24-14-17-26(18-15-24)30-35-34-29(38-30)23-40-21-20-37-28-12-8-5-9-13-28/h4-19,27H,20-23H2,1-3H3,(H,33,36)/b19-16+. The number of thioether (sulfide) groups is 1. The van der Waals surface area contributed by atoms with Gasteiger partial charge in [0.15, 0.2) is 0 Å². The smallest absolute Gasteiger partial charge is 0.408 e. The third kappa shape index (κ3) is 9.93. The van der Waals surface area contributed by atoms with Crippen molar-refractivity contribution < 1.29 is 18.7 Å². The van der Waals surface area contributed by atoms with Crippen molar-refractivity contribution in [2.45, 2.75) is 44.6 Å². The highest BCUT2D eigenvalue weighted by molar-refractivity contribution is 7.98. The van der Waals surface area contributed by atoms with Crippen molar-refractivity contribution in [3.63, 3.8) is 0 Å². The molecule has 3 aromatic carbocycles. The van der Waals surface area contributed by atoms with Gasteiger partial charge in [-0.05, 0) is 62.6 Å². The molecule has 0 aliphatic heterocycles. The summed E-state index contributed by atoms with van der Waals surface area (Å²) in [6.07, 6.45) is 4.18. The maximum Gasteiger partial charge on any atom is 0.408 e. The highest BCUT2D eigenvalue weighted by atomic mass is 32.2. The fourth-order valence-corrected chi connectivity index (χ4v) is 4.42. The zero-order valence-electron chi connectivity index (χ0n) is 23.1.